The second-order valence-electron chi connectivity index (χ2n) is 10.8. The summed E-state index contributed by atoms with van der Waals surface area (Å²) in [6.45, 7) is 6.23. The van der Waals surface area contributed by atoms with Gasteiger partial charge in [-0.05, 0) is 50.0 Å². The maximum absolute atomic E-state index is 12.7. The van der Waals surface area contributed by atoms with Crippen LogP contribution in [0.4, 0.5) is 36.8 Å². The first-order valence-electron chi connectivity index (χ1n) is 12.8. The number of hydrogen-bond donors (Lipinski definition) is 1. The molecule has 3 saturated heterocycles. The topological polar surface area (TPSA) is 76.6 Å². The number of amides is 1. The normalized spacial score (nSPS) is 20.8. The van der Waals surface area contributed by atoms with Crippen LogP contribution < -0.4 is 4.90 Å². The van der Waals surface area contributed by atoms with E-state index >= 15 is 0 Å². The Kier molecular flexibility index (Phi) is 8.27. The van der Waals surface area contributed by atoms with E-state index in [1.807, 2.05) is 28.9 Å². The first-order valence-corrected chi connectivity index (χ1v) is 12.8. The van der Waals surface area contributed by atoms with Crippen molar-refractivity contribution in [3.8, 4) is 0 Å². The van der Waals surface area contributed by atoms with Crippen molar-refractivity contribution in [2.24, 2.45) is 5.41 Å². The minimum atomic E-state index is -5.75. The zero-order chi connectivity index (χ0) is 28.6. The molecule has 3 aliphatic heterocycles. The predicted octanol–water partition coefficient (Wildman–Crippen LogP) is 3.73. The van der Waals surface area contributed by atoms with Crippen LogP contribution in [-0.2, 0) is 16.1 Å². The molecule has 0 atom stereocenters. The van der Waals surface area contributed by atoms with Crippen LogP contribution in [0.2, 0.25) is 0 Å². The Balaban J connectivity index is 1.31. The number of carboxylic acid groups (broad SMARTS) is 1. The first-order chi connectivity index (χ1) is 18.1. The number of carbonyl (C=O) groups is 2. The maximum atomic E-state index is 12.7. The van der Waals surface area contributed by atoms with Gasteiger partial charge in [0.15, 0.2) is 0 Å². The number of piperazine rings is 1. The quantitative estimate of drug-likeness (QED) is 0.526. The van der Waals surface area contributed by atoms with Crippen LogP contribution in [0.15, 0.2) is 18.2 Å². The zero-order valence-corrected chi connectivity index (χ0v) is 21.5. The number of carboxylic acids is 1. The van der Waals surface area contributed by atoms with Crippen molar-refractivity contribution in [2.75, 3.05) is 63.8 Å². The molecular formula is C25H32F6N4O4. The van der Waals surface area contributed by atoms with Gasteiger partial charge in [0.25, 0.3) is 6.10 Å². The number of aliphatic carboxylic acids is 1. The van der Waals surface area contributed by atoms with Crippen LogP contribution in [-0.4, -0.2) is 109 Å². The Morgan fingerprint density at radius 1 is 0.949 bits per heavy atom. The van der Waals surface area contributed by atoms with E-state index in [1.54, 1.807) is 0 Å². The summed E-state index contributed by atoms with van der Waals surface area (Å²) in [6.07, 6.45) is -15.4. The van der Waals surface area contributed by atoms with Crippen molar-refractivity contribution in [3.63, 3.8) is 0 Å². The van der Waals surface area contributed by atoms with Gasteiger partial charge >= 0.3 is 24.4 Å². The number of ether oxygens (including phenoxy) is 1. The third kappa shape index (κ3) is 7.07. The van der Waals surface area contributed by atoms with Crippen molar-refractivity contribution in [1.29, 1.82) is 0 Å². The van der Waals surface area contributed by atoms with Crippen LogP contribution in [0.5, 0.6) is 0 Å². The van der Waals surface area contributed by atoms with E-state index in [2.05, 4.69) is 15.7 Å². The molecular weight excluding hydrogens is 534 g/mol. The number of piperidine rings is 1. The van der Waals surface area contributed by atoms with Gasteiger partial charge in [-0.15, -0.1) is 0 Å². The van der Waals surface area contributed by atoms with Crippen LogP contribution in [0, 0.1) is 12.3 Å². The fourth-order valence-corrected chi connectivity index (χ4v) is 5.55. The molecule has 1 amide bonds. The number of aryl methyl sites for hydroxylation is 1. The van der Waals surface area contributed by atoms with E-state index in [0.29, 0.717) is 6.54 Å². The lowest BCUT2D eigenvalue weighted by atomic mass is 9.71. The van der Waals surface area contributed by atoms with E-state index in [0.717, 1.165) is 60.7 Å². The van der Waals surface area contributed by atoms with Gasteiger partial charge in [0, 0.05) is 56.9 Å². The molecule has 0 aliphatic carbocycles. The number of rotatable bonds is 6. The zero-order valence-electron chi connectivity index (χ0n) is 21.5. The van der Waals surface area contributed by atoms with Gasteiger partial charge in [-0.1, -0.05) is 12.1 Å². The molecule has 3 fully saturated rings. The van der Waals surface area contributed by atoms with Gasteiger partial charge in [0.1, 0.15) is 0 Å². The van der Waals surface area contributed by atoms with Crippen LogP contribution in [0.1, 0.15) is 24.0 Å². The monoisotopic (exact) mass is 566 g/mol. The number of alkyl halides is 6. The van der Waals surface area contributed by atoms with Crippen molar-refractivity contribution >= 4 is 17.7 Å². The van der Waals surface area contributed by atoms with E-state index in [9.17, 15) is 35.9 Å². The summed E-state index contributed by atoms with van der Waals surface area (Å²) in [5.74, 6) is -0.824. The van der Waals surface area contributed by atoms with Crippen molar-refractivity contribution < 1.29 is 45.8 Å². The summed E-state index contributed by atoms with van der Waals surface area (Å²) in [5.41, 5.74) is 3.37. The third-order valence-corrected chi connectivity index (χ3v) is 7.75. The minimum Gasteiger partial charge on any atom is -0.480 e. The van der Waals surface area contributed by atoms with Crippen molar-refractivity contribution in [1.82, 2.24) is 14.7 Å². The van der Waals surface area contributed by atoms with Crippen molar-refractivity contribution in [2.45, 2.75) is 44.8 Å². The van der Waals surface area contributed by atoms with Gasteiger partial charge in [0.2, 0.25) is 0 Å². The van der Waals surface area contributed by atoms with Gasteiger partial charge in [-0.25, -0.2) is 4.79 Å². The summed E-state index contributed by atoms with van der Waals surface area (Å²) >= 11 is 0. The van der Waals surface area contributed by atoms with E-state index in [-0.39, 0.29) is 38.1 Å². The van der Waals surface area contributed by atoms with Gasteiger partial charge in [-0.2, -0.15) is 26.3 Å². The summed E-state index contributed by atoms with van der Waals surface area (Å²) in [5, 5.41) is 9.02. The number of hydrogen-bond acceptors (Lipinski definition) is 6. The van der Waals surface area contributed by atoms with Crippen LogP contribution in [0.3, 0.4) is 0 Å². The smallest absolute Gasteiger partial charge is 0.434 e. The molecule has 1 aromatic rings. The highest BCUT2D eigenvalue weighted by molar-refractivity contribution is 5.69. The summed E-state index contributed by atoms with van der Waals surface area (Å²) in [7, 11) is 0. The molecule has 4 rings (SSSR count). The largest absolute Gasteiger partial charge is 0.480 e. The second-order valence-corrected chi connectivity index (χ2v) is 10.8. The lowest BCUT2D eigenvalue weighted by Crippen LogP contribution is -2.61. The number of halogens is 6. The average Bonchev–Trinajstić information content (AvgIpc) is 2.81. The van der Waals surface area contributed by atoms with E-state index < -0.39 is 30.5 Å². The Morgan fingerprint density at radius 2 is 1.54 bits per heavy atom. The molecule has 3 aliphatic rings. The number of benzene rings is 1. The highest BCUT2D eigenvalue weighted by atomic mass is 19.4. The summed E-state index contributed by atoms with van der Waals surface area (Å²) in [4.78, 5) is 30.2. The van der Waals surface area contributed by atoms with Crippen molar-refractivity contribution in [3.05, 3.63) is 29.3 Å². The maximum Gasteiger partial charge on any atom is 0.434 e. The number of nitrogens with zero attached hydrogens (tertiary/aromatic N) is 4. The molecule has 0 radical (unpaired) electrons. The lowest BCUT2D eigenvalue weighted by molar-refractivity contribution is -0.308. The number of carbonyl (C=O) groups excluding carboxylic acids is 1. The highest BCUT2D eigenvalue weighted by Crippen LogP contribution is 2.44. The van der Waals surface area contributed by atoms with Crippen LogP contribution in [0.25, 0.3) is 0 Å². The second kappa shape index (κ2) is 11.0. The molecule has 0 bridgehead atoms. The molecule has 0 aromatic heterocycles. The molecule has 0 saturated carbocycles. The fourth-order valence-electron chi connectivity index (χ4n) is 5.55. The Labute approximate surface area is 222 Å². The number of likely N-dealkylation sites (tertiary alicyclic amines) is 1. The third-order valence-electron chi connectivity index (χ3n) is 7.75. The Hall–Kier alpha value is -2.74. The molecule has 218 valence electrons. The van der Waals surface area contributed by atoms with E-state index in [4.69, 9.17) is 5.11 Å². The summed E-state index contributed by atoms with van der Waals surface area (Å²) < 4.78 is 80.3. The SMILES string of the molecule is Cc1ccc(CN2CCN(C(=O)OC(C(F)(F)F)C(F)(F)F)CC2)c(N2CC3(CCN(CC(=O)O)CC3)C2)c1. The molecule has 8 nitrogen and oxygen atoms in total. The standard InChI is InChI=1S/C25H32F6N4O4/c1-17-2-3-18(19(12-17)35-15-23(16-35)4-6-32(7-5-23)14-20(36)37)13-33-8-10-34(11-9-33)22(38)39-21(24(26,27)28)25(29,30)31/h2-3,12,21H,4-11,13-16H2,1H3,(H,36,37). The molecule has 1 spiro atoms. The molecule has 39 heavy (non-hydrogen) atoms. The molecule has 0 unspecified atom stereocenters. The minimum absolute atomic E-state index is 0.0534. The Morgan fingerprint density at radius 3 is 2.08 bits per heavy atom. The fraction of sp³-hybridized carbons (Fsp3) is 0.680. The number of anilines is 1. The van der Waals surface area contributed by atoms with E-state index in [1.165, 1.54) is 0 Å². The molecule has 1 aromatic carbocycles. The average molecular weight is 567 g/mol. The molecule has 14 heteroatoms. The van der Waals surface area contributed by atoms with Gasteiger partial charge < -0.3 is 19.6 Å². The predicted molar refractivity (Wildman–Crippen MR) is 128 cm³/mol. The lowest BCUT2D eigenvalue weighted by Gasteiger charge is -2.55. The highest BCUT2D eigenvalue weighted by Gasteiger charge is 2.60. The van der Waals surface area contributed by atoms with Gasteiger partial charge in [-0.3, -0.25) is 14.6 Å². The summed E-state index contributed by atoms with van der Waals surface area (Å²) in [6, 6.07) is 6.10. The van der Waals surface area contributed by atoms with Crippen LogP contribution >= 0.6 is 0 Å². The Bertz CT molecular complexity index is 1030. The van der Waals surface area contributed by atoms with Gasteiger partial charge in [0.05, 0.1) is 6.54 Å². The molecule has 1 N–H and O–H groups in total. The first kappa shape index (κ1) is 29.2. The molecule has 3 heterocycles.